The van der Waals surface area contributed by atoms with Gasteiger partial charge >= 0.3 is 0 Å². The smallest absolute Gasteiger partial charge is 0.223 e. The highest BCUT2D eigenvalue weighted by atomic mass is 16.1. The Hall–Kier alpha value is -3.42. The number of nitrogens with zero attached hydrogens (tertiary/aromatic N) is 6. The number of hydrogen-bond donors (Lipinski definition) is 1. The van der Waals surface area contributed by atoms with E-state index in [0.29, 0.717) is 35.0 Å². The minimum Gasteiger partial charge on any atom is -0.351 e. The molecule has 158 valence electrons. The van der Waals surface area contributed by atoms with E-state index in [1.807, 2.05) is 32.9 Å². The fourth-order valence-corrected chi connectivity index (χ4v) is 5.00. The molecule has 5 rings (SSSR count). The zero-order chi connectivity index (χ0) is 21.5. The lowest BCUT2D eigenvalue weighted by atomic mass is 10.0. The molecule has 8 heteroatoms. The molecule has 2 bridgehead atoms. The molecule has 31 heavy (non-hydrogen) atoms. The van der Waals surface area contributed by atoms with Crippen LogP contribution in [0.1, 0.15) is 40.3 Å². The molecule has 3 atom stereocenters. The second-order valence-corrected chi connectivity index (χ2v) is 8.53. The Kier molecular flexibility index (Phi) is 4.84. The van der Waals surface area contributed by atoms with Crippen LogP contribution in [0, 0.1) is 26.7 Å². The lowest BCUT2D eigenvalue weighted by molar-refractivity contribution is 0.111. The van der Waals surface area contributed by atoms with Crippen molar-refractivity contribution >= 4 is 18.1 Å². The minimum atomic E-state index is 0.248. The van der Waals surface area contributed by atoms with Crippen LogP contribution in [0.15, 0.2) is 30.6 Å². The fourth-order valence-electron chi connectivity index (χ4n) is 5.00. The molecule has 2 fully saturated rings. The molecule has 0 radical (unpaired) electrons. The normalized spacial score (nSPS) is 22.0. The van der Waals surface area contributed by atoms with Gasteiger partial charge < -0.3 is 10.2 Å². The standard InChI is InChI=1S/C23H25N7O/c1-13-7-17(21-24-5-4-6-25-21)19(12-31)28-22(13)30-11-16-9-18(20(30)10-16)29-23-26-14(2)8-15(3)27-23/h4-8,12,16,18,20H,9-11H2,1-3H3,(H,26,27,29)/t16-,18+,20-/m0/s1. The highest BCUT2D eigenvalue weighted by Crippen LogP contribution is 2.42. The number of fused-ring (bicyclic) bond motifs is 2. The third kappa shape index (κ3) is 3.62. The molecule has 3 aromatic heterocycles. The van der Waals surface area contributed by atoms with Crippen molar-refractivity contribution in [2.24, 2.45) is 5.92 Å². The summed E-state index contributed by atoms with van der Waals surface area (Å²) in [5, 5.41) is 3.56. The van der Waals surface area contributed by atoms with E-state index in [9.17, 15) is 4.79 Å². The van der Waals surface area contributed by atoms with Crippen LogP contribution in [-0.2, 0) is 0 Å². The van der Waals surface area contributed by atoms with Gasteiger partial charge in [0.25, 0.3) is 0 Å². The molecule has 1 N–H and O–H groups in total. The van der Waals surface area contributed by atoms with Gasteiger partial charge in [-0.2, -0.15) is 0 Å². The number of nitrogens with one attached hydrogen (secondary N) is 1. The van der Waals surface area contributed by atoms with E-state index >= 15 is 0 Å². The monoisotopic (exact) mass is 415 g/mol. The number of hydrogen-bond acceptors (Lipinski definition) is 8. The number of carbonyl (C=O) groups excluding carboxylic acids is 1. The molecular formula is C23H25N7O. The largest absolute Gasteiger partial charge is 0.351 e. The van der Waals surface area contributed by atoms with Crippen molar-refractivity contribution in [3.8, 4) is 11.4 Å². The molecule has 8 nitrogen and oxygen atoms in total. The summed E-state index contributed by atoms with van der Waals surface area (Å²) in [5.41, 5.74) is 3.97. The van der Waals surface area contributed by atoms with Gasteiger partial charge in [0.1, 0.15) is 11.5 Å². The maximum absolute atomic E-state index is 11.8. The summed E-state index contributed by atoms with van der Waals surface area (Å²) in [4.78, 5) is 36.6. The molecule has 0 aromatic carbocycles. The van der Waals surface area contributed by atoms with E-state index in [4.69, 9.17) is 4.98 Å². The topological polar surface area (TPSA) is 96.8 Å². The van der Waals surface area contributed by atoms with Gasteiger partial charge in [-0.1, -0.05) is 0 Å². The summed E-state index contributed by atoms with van der Waals surface area (Å²) in [6.07, 6.45) is 6.33. The van der Waals surface area contributed by atoms with Crippen molar-refractivity contribution in [3.05, 3.63) is 53.2 Å². The number of rotatable bonds is 5. The number of aromatic nitrogens is 5. The highest BCUT2D eigenvalue weighted by Gasteiger charge is 2.46. The number of carbonyl (C=O) groups is 1. The second-order valence-electron chi connectivity index (χ2n) is 8.53. The molecule has 2 aliphatic rings. The molecule has 4 heterocycles. The van der Waals surface area contributed by atoms with Crippen LogP contribution in [-0.4, -0.2) is 49.8 Å². The quantitative estimate of drug-likeness (QED) is 0.635. The lowest BCUT2D eigenvalue weighted by Crippen LogP contribution is -2.46. The van der Waals surface area contributed by atoms with Crippen molar-refractivity contribution in [2.45, 2.75) is 45.7 Å². The van der Waals surface area contributed by atoms with Gasteiger partial charge in [0, 0.05) is 41.9 Å². The lowest BCUT2D eigenvalue weighted by Gasteiger charge is -2.35. The highest BCUT2D eigenvalue weighted by molar-refractivity contribution is 5.84. The van der Waals surface area contributed by atoms with Crippen LogP contribution in [0.3, 0.4) is 0 Å². The van der Waals surface area contributed by atoms with Crippen molar-refractivity contribution in [3.63, 3.8) is 0 Å². The third-order valence-electron chi connectivity index (χ3n) is 6.18. The molecule has 1 saturated carbocycles. The first-order chi connectivity index (χ1) is 15.0. The predicted octanol–water partition coefficient (Wildman–Crippen LogP) is 3.15. The van der Waals surface area contributed by atoms with Gasteiger partial charge in [0.15, 0.2) is 12.1 Å². The van der Waals surface area contributed by atoms with Gasteiger partial charge in [-0.15, -0.1) is 0 Å². The molecule has 0 amide bonds. The maximum Gasteiger partial charge on any atom is 0.223 e. The summed E-state index contributed by atoms with van der Waals surface area (Å²) in [5.74, 6) is 2.65. The van der Waals surface area contributed by atoms with E-state index in [1.165, 1.54) is 0 Å². The first-order valence-corrected chi connectivity index (χ1v) is 10.6. The van der Waals surface area contributed by atoms with Crippen LogP contribution in [0.5, 0.6) is 0 Å². The van der Waals surface area contributed by atoms with Crippen LogP contribution in [0.2, 0.25) is 0 Å². The van der Waals surface area contributed by atoms with Crippen LogP contribution in [0.4, 0.5) is 11.8 Å². The summed E-state index contributed by atoms with van der Waals surface area (Å²) < 4.78 is 0. The van der Waals surface area contributed by atoms with Gasteiger partial charge in [-0.3, -0.25) is 4.79 Å². The van der Waals surface area contributed by atoms with Gasteiger partial charge in [0.2, 0.25) is 5.95 Å². The Labute approximate surface area is 181 Å². The van der Waals surface area contributed by atoms with Gasteiger partial charge in [0.05, 0.1) is 6.04 Å². The van der Waals surface area contributed by atoms with Crippen molar-refractivity contribution in [2.75, 3.05) is 16.8 Å². The van der Waals surface area contributed by atoms with E-state index in [-0.39, 0.29) is 6.04 Å². The molecule has 1 aliphatic heterocycles. The average Bonchev–Trinajstić information content (AvgIpc) is 3.34. The summed E-state index contributed by atoms with van der Waals surface area (Å²) in [7, 11) is 0. The van der Waals surface area contributed by atoms with E-state index in [1.54, 1.807) is 18.5 Å². The first-order valence-electron chi connectivity index (χ1n) is 10.6. The van der Waals surface area contributed by atoms with Crippen LogP contribution in [0.25, 0.3) is 11.4 Å². The number of anilines is 2. The van der Waals surface area contributed by atoms with Crippen molar-refractivity contribution < 1.29 is 4.79 Å². The predicted molar refractivity (Wildman–Crippen MR) is 118 cm³/mol. The molecular weight excluding hydrogens is 390 g/mol. The van der Waals surface area contributed by atoms with Gasteiger partial charge in [-0.05, 0) is 63.3 Å². The molecule has 0 unspecified atom stereocenters. The summed E-state index contributed by atoms with van der Waals surface area (Å²) >= 11 is 0. The van der Waals surface area contributed by atoms with Gasteiger partial charge in [-0.25, -0.2) is 24.9 Å². The van der Waals surface area contributed by atoms with Crippen LogP contribution < -0.4 is 10.2 Å². The molecule has 3 aromatic rings. The minimum absolute atomic E-state index is 0.248. The molecule has 0 spiro atoms. The Morgan fingerprint density at radius 3 is 2.45 bits per heavy atom. The Balaban J connectivity index is 1.44. The van der Waals surface area contributed by atoms with Crippen molar-refractivity contribution in [1.82, 2.24) is 24.9 Å². The number of piperidine rings is 1. The Bertz CT molecular complexity index is 1110. The van der Waals surface area contributed by atoms with Crippen LogP contribution >= 0.6 is 0 Å². The summed E-state index contributed by atoms with van der Waals surface area (Å²) in [6.45, 7) is 6.95. The van der Waals surface area contributed by atoms with E-state index in [0.717, 1.165) is 48.4 Å². The third-order valence-corrected chi connectivity index (χ3v) is 6.18. The van der Waals surface area contributed by atoms with Crippen molar-refractivity contribution in [1.29, 1.82) is 0 Å². The average molecular weight is 416 g/mol. The number of aryl methyl sites for hydroxylation is 3. The summed E-state index contributed by atoms with van der Waals surface area (Å²) in [6, 6.07) is 6.25. The Morgan fingerprint density at radius 1 is 1.03 bits per heavy atom. The number of pyridine rings is 1. The maximum atomic E-state index is 11.8. The fraction of sp³-hybridized carbons (Fsp3) is 0.391. The second kappa shape index (κ2) is 7.68. The van der Waals surface area contributed by atoms with E-state index < -0.39 is 0 Å². The molecule has 1 aliphatic carbocycles. The Morgan fingerprint density at radius 2 is 1.77 bits per heavy atom. The molecule has 1 saturated heterocycles. The van der Waals surface area contributed by atoms with E-state index in [2.05, 4.69) is 30.2 Å². The zero-order valence-electron chi connectivity index (χ0n) is 17.9. The first kappa shape index (κ1) is 19.5. The SMILES string of the molecule is Cc1cc(C)nc(N[C@@H]2C[C@H]3C[C@@H]2N(c2nc(C=O)c(-c4ncccn4)cc2C)C3)n1. The number of aldehydes is 1. The zero-order valence-corrected chi connectivity index (χ0v) is 17.9.